The van der Waals surface area contributed by atoms with Crippen molar-refractivity contribution >= 4 is 44.0 Å². The number of hydrogen-bond donors (Lipinski definition) is 3. The average Bonchev–Trinajstić information content (AvgIpc) is 4.15. The molecule has 3 N–H and O–H groups in total. The monoisotopic (exact) mass is 1100 g/mol. The number of carbonyl (C=O) groups is 1. The van der Waals surface area contributed by atoms with Crippen LogP contribution >= 0.6 is 0 Å². The number of aromatic nitrogens is 2. The molecule has 6 heterocycles. The highest BCUT2D eigenvalue weighted by Gasteiger charge is 2.50. The highest BCUT2D eigenvalue weighted by molar-refractivity contribution is 7.90. The van der Waals surface area contributed by atoms with Crippen LogP contribution in [0.1, 0.15) is 116 Å². The Morgan fingerprint density at radius 3 is 2.48 bits per heavy atom. The molecule has 2 aromatic heterocycles. The number of benzene rings is 4. The summed E-state index contributed by atoms with van der Waals surface area (Å²) in [7, 11) is -3.10. The number of ether oxygens (including phenoxy) is 5. The topological polar surface area (TPSA) is 203 Å². The highest BCUT2D eigenvalue weighted by atomic mass is 32.2. The number of alkyl halides is 1. The molecule has 2 saturated carbocycles. The first kappa shape index (κ1) is 52.7. The Morgan fingerprint density at radius 1 is 0.937 bits per heavy atom. The molecule has 416 valence electrons. The number of anilines is 2. The molecular formula is C59H67FN8O10S. The van der Waals surface area contributed by atoms with E-state index in [-0.39, 0.29) is 72.6 Å². The molecule has 12 rings (SSSR count). The molecule has 0 radical (unpaired) electrons. The van der Waals surface area contributed by atoms with E-state index in [9.17, 15) is 23.3 Å². The number of amides is 1. The maximum Gasteiger partial charge on any atom is 0.297 e. The van der Waals surface area contributed by atoms with E-state index >= 15 is 4.39 Å². The molecule has 0 bridgehead atoms. The molecule has 18 nitrogen and oxygen atoms in total. The molecule has 6 aliphatic rings. The van der Waals surface area contributed by atoms with E-state index in [1.807, 2.05) is 6.07 Å². The second-order valence-electron chi connectivity index (χ2n) is 22.7. The summed E-state index contributed by atoms with van der Waals surface area (Å²) in [4.78, 5) is 40.5. The third kappa shape index (κ3) is 10.7. The van der Waals surface area contributed by atoms with Crippen molar-refractivity contribution in [1.82, 2.24) is 24.5 Å². The van der Waals surface area contributed by atoms with Crippen molar-refractivity contribution in [2.45, 2.75) is 106 Å². The summed E-state index contributed by atoms with van der Waals surface area (Å²) in [6.07, 6.45) is 10.1. The van der Waals surface area contributed by atoms with Crippen LogP contribution in [0, 0.1) is 15.5 Å². The molecule has 4 aliphatic heterocycles. The van der Waals surface area contributed by atoms with Gasteiger partial charge in [0.05, 0.1) is 23.8 Å². The smallest absolute Gasteiger partial charge is 0.297 e. The predicted molar refractivity (Wildman–Crippen MR) is 296 cm³/mol. The largest absolute Gasteiger partial charge is 0.496 e. The van der Waals surface area contributed by atoms with Crippen LogP contribution in [0.5, 0.6) is 28.7 Å². The lowest BCUT2D eigenvalue weighted by Crippen LogP contribution is -2.60. The Balaban J connectivity index is 0.757. The number of nitrogens with zero attached hydrogens (tertiary/aromatic N) is 5. The van der Waals surface area contributed by atoms with Gasteiger partial charge in [0.25, 0.3) is 21.6 Å². The molecule has 1 amide bonds. The van der Waals surface area contributed by atoms with Crippen LogP contribution in [0.4, 0.5) is 21.5 Å². The molecule has 3 saturated heterocycles. The van der Waals surface area contributed by atoms with Gasteiger partial charge in [-0.2, -0.15) is 0 Å². The SMILES string of the molecule is COc1cc(CN2CCN(C3CC4(CCN(c5ccc(C(=O)NS(=O)(=O)c6cc([N+](=O)[O-])c(NCC7(F)CCOCC7)c7c6OCO7)c(Oc6cnc7[nH]ccc7c6)c5)CC4)C3)[C@H](c3ccccc3C(C)C)C2)ccc1C1CC1. The number of nitro groups is 1. The van der Waals surface area contributed by atoms with E-state index in [0.29, 0.717) is 29.3 Å². The standard InChI is InChI=1S/C59H67FN8O10S/c1-37(2)44-6-4-5-7-46(44)49-34-65(33-38-8-12-45(39-9-10-39)50(26-38)74-3)22-23-67(49)42-30-58(31-42)15-20-66(21-16-58)41-11-13-47(51(28-41)78-43-27-40-14-19-61-56(40)62-32-43)57(69)64-79(72,73)52-29-48(68(70)71)53(55-54(52)76-36-77-55)63-35-59(60)17-24-75-25-18-59/h4-8,11-14,19,26-29,32,37,39,42,49,63H,9-10,15-18,20-25,30-31,33-36H2,1-3H3,(H,61,62)(H,64,69)/t49-/m0/s1. The summed E-state index contributed by atoms with van der Waals surface area (Å²) in [5.74, 6) is 0.748. The molecule has 1 atom stereocenters. The Bertz CT molecular complexity index is 3400. The third-order valence-electron chi connectivity index (χ3n) is 17.3. The van der Waals surface area contributed by atoms with E-state index in [1.165, 1.54) is 47.4 Å². The van der Waals surface area contributed by atoms with Gasteiger partial charge < -0.3 is 38.9 Å². The van der Waals surface area contributed by atoms with Gasteiger partial charge in [-0.3, -0.25) is 24.7 Å². The van der Waals surface area contributed by atoms with E-state index in [4.69, 9.17) is 23.7 Å². The van der Waals surface area contributed by atoms with Crippen molar-refractivity contribution in [3.63, 3.8) is 0 Å². The van der Waals surface area contributed by atoms with Crippen molar-refractivity contribution in [1.29, 1.82) is 0 Å². The number of methoxy groups -OCH3 is 1. The van der Waals surface area contributed by atoms with E-state index < -0.39 is 43.9 Å². The number of carbonyl (C=O) groups excluding carboxylic acids is 1. The summed E-state index contributed by atoms with van der Waals surface area (Å²) in [5, 5.41) is 16.0. The van der Waals surface area contributed by atoms with Crippen LogP contribution in [0.25, 0.3) is 11.0 Å². The van der Waals surface area contributed by atoms with Crippen LogP contribution < -0.4 is 33.9 Å². The number of H-pyrrole nitrogens is 1. The lowest BCUT2D eigenvalue weighted by Gasteiger charge is -2.58. The van der Waals surface area contributed by atoms with Crippen molar-refractivity contribution < 1.29 is 46.2 Å². The first-order valence-electron chi connectivity index (χ1n) is 27.6. The van der Waals surface area contributed by atoms with E-state index in [0.717, 1.165) is 87.8 Å². The molecule has 20 heteroatoms. The highest BCUT2D eigenvalue weighted by Crippen LogP contribution is 2.54. The number of piperidine rings is 1. The fraction of sp³-hybridized carbons (Fsp3) is 0.458. The second-order valence-corrected chi connectivity index (χ2v) is 24.3. The zero-order valence-electron chi connectivity index (χ0n) is 44.8. The maximum atomic E-state index is 15.6. The number of fused-ring (bicyclic) bond motifs is 2. The van der Waals surface area contributed by atoms with Gasteiger partial charge in [-0.15, -0.1) is 0 Å². The third-order valence-corrected chi connectivity index (χ3v) is 18.6. The number of piperazine rings is 1. The molecule has 5 fully saturated rings. The lowest BCUT2D eigenvalue weighted by molar-refractivity contribution is -0.384. The van der Waals surface area contributed by atoms with Crippen LogP contribution in [0.3, 0.4) is 0 Å². The minimum absolute atomic E-state index is 0.0670. The molecular weight excluding hydrogens is 1030 g/mol. The molecule has 4 aromatic carbocycles. The van der Waals surface area contributed by atoms with Crippen molar-refractivity contribution in [2.75, 3.05) is 76.6 Å². The molecule has 6 aromatic rings. The fourth-order valence-electron chi connectivity index (χ4n) is 12.7. The van der Waals surface area contributed by atoms with Gasteiger partial charge in [0.15, 0.2) is 17.2 Å². The second kappa shape index (κ2) is 21.2. The summed E-state index contributed by atoms with van der Waals surface area (Å²) in [6, 6.07) is 26.0. The zero-order chi connectivity index (χ0) is 54.6. The first-order valence-corrected chi connectivity index (χ1v) is 29.1. The molecule has 2 aliphatic carbocycles. The number of nitro benzene ring substituents is 1. The van der Waals surface area contributed by atoms with Crippen LogP contribution in [0.2, 0.25) is 0 Å². The van der Waals surface area contributed by atoms with Gasteiger partial charge in [-0.25, -0.2) is 22.5 Å². The maximum absolute atomic E-state index is 15.6. The van der Waals surface area contributed by atoms with Gasteiger partial charge in [0, 0.05) is 113 Å². The number of halogens is 1. The van der Waals surface area contributed by atoms with Gasteiger partial charge in [-0.1, -0.05) is 50.2 Å². The number of sulfonamides is 1. The van der Waals surface area contributed by atoms with E-state index in [2.05, 4.69) is 91.0 Å². The summed E-state index contributed by atoms with van der Waals surface area (Å²) < 4.78 is 74.9. The number of nitrogens with one attached hydrogen (secondary N) is 3. The van der Waals surface area contributed by atoms with Crippen LogP contribution in [0.15, 0.2) is 96.2 Å². The lowest BCUT2D eigenvalue weighted by atomic mass is 9.59. The van der Waals surface area contributed by atoms with E-state index in [1.54, 1.807) is 31.5 Å². The van der Waals surface area contributed by atoms with Crippen LogP contribution in [-0.2, 0) is 21.3 Å². The molecule has 0 unspecified atom stereocenters. The van der Waals surface area contributed by atoms with Crippen molar-refractivity contribution in [3.05, 3.63) is 129 Å². The first-order chi connectivity index (χ1) is 38.1. The molecule has 79 heavy (non-hydrogen) atoms. The molecule has 1 spiro atoms. The summed E-state index contributed by atoms with van der Waals surface area (Å²) >= 11 is 0. The quantitative estimate of drug-likeness (QED) is 0.0574. The normalized spacial score (nSPS) is 20.3. The van der Waals surface area contributed by atoms with Gasteiger partial charge in [-0.05, 0) is 108 Å². The van der Waals surface area contributed by atoms with Crippen molar-refractivity contribution in [2.24, 2.45) is 5.41 Å². The zero-order valence-corrected chi connectivity index (χ0v) is 45.6. The van der Waals surface area contributed by atoms with Gasteiger partial charge in [0.1, 0.15) is 33.5 Å². The number of hydrogen-bond acceptors (Lipinski definition) is 15. The van der Waals surface area contributed by atoms with Gasteiger partial charge >= 0.3 is 0 Å². The van der Waals surface area contributed by atoms with Crippen LogP contribution in [-0.4, -0.2) is 117 Å². The van der Waals surface area contributed by atoms with Crippen molar-refractivity contribution in [3.8, 4) is 28.7 Å². The fourth-order valence-corrected chi connectivity index (χ4v) is 13.9. The number of pyridine rings is 1. The Hall–Kier alpha value is -7.00. The van der Waals surface area contributed by atoms with Gasteiger partial charge in [0.2, 0.25) is 6.79 Å². The Kier molecular flexibility index (Phi) is 14.2. The number of aromatic amines is 1. The minimum atomic E-state index is -4.88. The predicted octanol–water partition coefficient (Wildman–Crippen LogP) is 10.4. The summed E-state index contributed by atoms with van der Waals surface area (Å²) in [5.41, 5.74) is 4.32. The minimum Gasteiger partial charge on any atom is -0.496 e. The average molecular weight is 1100 g/mol. The Morgan fingerprint density at radius 2 is 1.72 bits per heavy atom. The Labute approximate surface area is 459 Å². The number of rotatable bonds is 17. The summed E-state index contributed by atoms with van der Waals surface area (Å²) in [6.45, 7) is 9.53.